The van der Waals surface area contributed by atoms with Gasteiger partial charge in [-0.25, -0.2) is 0 Å². The SMILES string of the molecule is O=C(CCCN1C(=O)c2ccccc2N2C(=O)c3ccccc3[C@@H]12)NCCc1ccccc1. The van der Waals surface area contributed by atoms with Crippen LogP contribution < -0.4 is 10.2 Å². The quantitative estimate of drug-likeness (QED) is 0.606. The predicted octanol–water partition coefficient (Wildman–Crippen LogP) is 3.94. The Morgan fingerprint density at radius 3 is 2.33 bits per heavy atom. The first-order valence-corrected chi connectivity index (χ1v) is 11.3. The monoisotopic (exact) mass is 439 g/mol. The lowest BCUT2D eigenvalue weighted by Crippen LogP contribution is -2.48. The predicted molar refractivity (Wildman–Crippen MR) is 126 cm³/mol. The second-order valence-electron chi connectivity index (χ2n) is 8.34. The van der Waals surface area contributed by atoms with Crippen molar-refractivity contribution in [2.24, 2.45) is 0 Å². The van der Waals surface area contributed by atoms with Crippen LogP contribution >= 0.6 is 0 Å². The molecule has 3 aromatic rings. The second-order valence-corrected chi connectivity index (χ2v) is 8.34. The number of rotatable bonds is 7. The van der Waals surface area contributed by atoms with Crippen molar-refractivity contribution in [3.8, 4) is 0 Å². The van der Waals surface area contributed by atoms with Gasteiger partial charge < -0.3 is 10.2 Å². The molecular formula is C27H25N3O3. The van der Waals surface area contributed by atoms with Crippen molar-refractivity contribution >= 4 is 23.4 Å². The molecule has 1 N–H and O–H groups in total. The zero-order valence-corrected chi connectivity index (χ0v) is 18.2. The van der Waals surface area contributed by atoms with Gasteiger partial charge in [-0.2, -0.15) is 0 Å². The summed E-state index contributed by atoms with van der Waals surface area (Å²) < 4.78 is 0. The Labute approximate surface area is 192 Å². The molecule has 0 unspecified atom stereocenters. The van der Waals surface area contributed by atoms with Crippen LogP contribution in [0.4, 0.5) is 5.69 Å². The van der Waals surface area contributed by atoms with Gasteiger partial charge in [0.05, 0.1) is 11.3 Å². The maximum absolute atomic E-state index is 13.4. The summed E-state index contributed by atoms with van der Waals surface area (Å²) >= 11 is 0. The lowest BCUT2D eigenvalue weighted by molar-refractivity contribution is -0.121. The summed E-state index contributed by atoms with van der Waals surface area (Å²) in [4.78, 5) is 42.3. The Kier molecular flexibility index (Phi) is 5.65. The molecule has 2 heterocycles. The highest BCUT2D eigenvalue weighted by Gasteiger charge is 2.47. The van der Waals surface area contributed by atoms with Crippen molar-refractivity contribution < 1.29 is 14.4 Å². The molecule has 2 aliphatic rings. The van der Waals surface area contributed by atoms with Gasteiger partial charge in [0, 0.05) is 30.6 Å². The van der Waals surface area contributed by atoms with Crippen LogP contribution in [0, 0.1) is 0 Å². The number of benzene rings is 3. The number of carbonyl (C=O) groups is 3. The fourth-order valence-electron chi connectivity index (χ4n) is 4.69. The molecule has 0 aromatic heterocycles. The molecule has 6 nitrogen and oxygen atoms in total. The van der Waals surface area contributed by atoms with E-state index in [0.717, 1.165) is 12.0 Å². The molecule has 6 heteroatoms. The summed E-state index contributed by atoms with van der Waals surface area (Å²) in [6, 6.07) is 24.7. The number of para-hydroxylation sites is 1. The van der Waals surface area contributed by atoms with Crippen LogP contribution in [0.5, 0.6) is 0 Å². The van der Waals surface area contributed by atoms with Crippen LogP contribution in [-0.2, 0) is 11.2 Å². The average molecular weight is 440 g/mol. The van der Waals surface area contributed by atoms with Gasteiger partial charge in [0.1, 0.15) is 6.17 Å². The van der Waals surface area contributed by atoms with Crippen LogP contribution in [-0.4, -0.2) is 35.7 Å². The van der Waals surface area contributed by atoms with Crippen molar-refractivity contribution in [3.05, 3.63) is 101 Å². The summed E-state index contributed by atoms with van der Waals surface area (Å²) in [5.74, 6) is -0.240. The number of carbonyl (C=O) groups excluding carboxylic acids is 3. The molecule has 2 aliphatic heterocycles. The third-order valence-electron chi connectivity index (χ3n) is 6.26. The standard InChI is InChI=1S/C27H25N3O3/c31-24(28-17-16-19-9-2-1-3-10-19)15-8-18-29-25-20-11-4-5-12-21(20)27(33)30(25)23-14-7-6-13-22(23)26(29)32/h1-7,9-14,25H,8,15-18H2,(H,28,31)/t25-/m0/s1. The van der Waals surface area contributed by atoms with Crippen molar-refractivity contribution in [2.45, 2.75) is 25.4 Å². The Hall–Kier alpha value is -3.93. The fourth-order valence-corrected chi connectivity index (χ4v) is 4.69. The summed E-state index contributed by atoms with van der Waals surface area (Å²) in [7, 11) is 0. The van der Waals surface area contributed by atoms with E-state index in [1.165, 1.54) is 5.56 Å². The van der Waals surface area contributed by atoms with E-state index in [-0.39, 0.29) is 17.7 Å². The number of anilines is 1. The number of amides is 3. The van der Waals surface area contributed by atoms with Crippen LogP contribution in [0.25, 0.3) is 0 Å². The first-order valence-electron chi connectivity index (χ1n) is 11.3. The Morgan fingerprint density at radius 2 is 1.52 bits per heavy atom. The van der Waals surface area contributed by atoms with E-state index >= 15 is 0 Å². The molecule has 166 valence electrons. The lowest BCUT2D eigenvalue weighted by atomic mass is 10.0. The molecule has 0 fully saturated rings. The number of hydrogen-bond donors (Lipinski definition) is 1. The highest BCUT2D eigenvalue weighted by molar-refractivity contribution is 6.16. The van der Waals surface area contributed by atoms with Gasteiger partial charge in [0.2, 0.25) is 5.91 Å². The molecule has 0 saturated heterocycles. The van der Waals surface area contributed by atoms with Crippen molar-refractivity contribution in [2.75, 3.05) is 18.0 Å². The minimum atomic E-state index is -0.475. The Balaban J connectivity index is 1.27. The minimum absolute atomic E-state index is 0.0319. The zero-order valence-electron chi connectivity index (χ0n) is 18.2. The molecule has 0 aliphatic carbocycles. The minimum Gasteiger partial charge on any atom is -0.356 e. The molecule has 1 atom stereocenters. The van der Waals surface area contributed by atoms with Crippen molar-refractivity contribution in [1.29, 1.82) is 0 Å². The molecule has 5 rings (SSSR count). The van der Waals surface area contributed by atoms with Gasteiger partial charge in [0.15, 0.2) is 0 Å². The Morgan fingerprint density at radius 1 is 0.818 bits per heavy atom. The van der Waals surface area contributed by atoms with Crippen LogP contribution in [0.15, 0.2) is 78.9 Å². The summed E-state index contributed by atoms with van der Waals surface area (Å²) in [5.41, 5.74) is 3.79. The van der Waals surface area contributed by atoms with Crippen LogP contribution in [0.1, 0.15) is 50.9 Å². The molecule has 3 aromatic carbocycles. The third kappa shape index (κ3) is 3.89. The number of hydrogen-bond acceptors (Lipinski definition) is 3. The van der Waals surface area contributed by atoms with E-state index < -0.39 is 6.17 Å². The molecule has 0 spiro atoms. The first kappa shape index (κ1) is 20.9. The van der Waals surface area contributed by atoms with E-state index in [9.17, 15) is 14.4 Å². The highest BCUT2D eigenvalue weighted by atomic mass is 16.2. The number of fused-ring (bicyclic) bond motifs is 5. The normalized spacial score (nSPS) is 16.3. The van der Waals surface area contributed by atoms with Gasteiger partial charge >= 0.3 is 0 Å². The molecule has 0 radical (unpaired) electrons. The lowest BCUT2D eigenvalue weighted by Gasteiger charge is -2.41. The second kappa shape index (κ2) is 8.90. The van der Waals surface area contributed by atoms with Gasteiger partial charge in [-0.05, 0) is 36.6 Å². The summed E-state index contributed by atoms with van der Waals surface area (Å²) in [5, 5.41) is 2.96. The largest absolute Gasteiger partial charge is 0.356 e. The zero-order chi connectivity index (χ0) is 22.8. The van der Waals surface area contributed by atoms with E-state index in [2.05, 4.69) is 5.32 Å². The van der Waals surface area contributed by atoms with Crippen LogP contribution in [0.3, 0.4) is 0 Å². The molecule has 33 heavy (non-hydrogen) atoms. The Bertz CT molecular complexity index is 1210. The van der Waals surface area contributed by atoms with Crippen LogP contribution in [0.2, 0.25) is 0 Å². The van der Waals surface area contributed by atoms with E-state index in [1.807, 2.05) is 66.7 Å². The average Bonchev–Trinajstić information content (AvgIpc) is 3.14. The highest BCUT2D eigenvalue weighted by Crippen LogP contribution is 2.45. The summed E-state index contributed by atoms with van der Waals surface area (Å²) in [6.45, 7) is 0.971. The number of nitrogens with zero attached hydrogens (tertiary/aromatic N) is 2. The van der Waals surface area contributed by atoms with Gasteiger partial charge in [-0.1, -0.05) is 60.7 Å². The summed E-state index contributed by atoms with van der Waals surface area (Å²) in [6.07, 6.45) is 1.15. The van der Waals surface area contributed by atoms with Gasteiger partial charge in [-0.3, -0.25) is 19.3 Å². The number of nitrogens with one attached hydrogen (secondary N) is 1. The van der Waals surface area contributed by atoms with Crippen molar-refractivity contribution in [1.82, 2.24) is 10.2 Å². The van der Waals surface area contributed by atoms with Gasteiger partial charge in [0.25, 0.3) is 11.8 Å². The smallest absolute Gasteiger partial charge is 0.260 e. The van der Waals surface area contributed by atoms with Crippen molar-refractivity contribution in [3.63, 3.8) is 0 Å². The van der Waals surface area contributed by atoms with E-state index in [1.54, 1.807) is 21.9 Å². The molecular weight excluding hydrogens is 414 g/mol. The van der Waals surface area contributed by atoms with Gasteiger partial charge in [-0.15, -0.1) is 0 Å². The third-order valence-corrected chi connectivity index (χ3v) is 6.26. The molecule has 3 amide bonds. The molecule has 0 saturated carbocycles. The van der Waals surface area contributed by atoms with E-state index in [0.29, 0.717) is 42.7 Å². The maximum Gasteiger partial charge on any atom is 0.260 e. The first-order chi connectivity index (χ1) is 16.1. The fraction of sp³-hybridized carbons (Fsp3) is 0.222. The molecule has 0 bridgehead atoms. The van der Waals surface area contributed by atoms with E-state index in [4.69, 9.17) is 0 Å². The maximum atomic E-state index is 13.4. The topological polar surface area (TPSA) is 69.7 Å².